The van der Waals surface area contributed by atoms with Crippen molar-refractivity contribution in [2.24, 2.45) is 34.0 Å². The van der Waals surface area contributed by atoms with Gasteiger partial charge in [0.25, 0.3) is 0 Å². The number of esters is 2. The predicted octanol–water partition coefficient (Wildman–Crippen LogP) is 5.06. The van der Waals surface area contributed by atoms with Gasteiger partial charge in [-0.1, -0.05) is 31.9 Å². The molecular weight excluding hydrogens is 352 g/mol. The Labute approximate surface area is 169 Å². The number of allylic oxidation sites excluding steroid dienone is 1. The van der Waals surface area contributed by atoms with Gasteiger partial charge in [-0.05, 0) is 68.6 Å². The van der Waals surface area contributed by atoms with Crippen LogP contribution in [0.1, 0.15) is 79.6 Å². The fourth-order valence-corrected chi connectivity index (χ4v) is 8.01. The van der Waals surface area contributed by atoms with Gasteiger partial charge >= 0.3 is 11.9 Å². The van der Waals surface area contributed by atoms with E-state index in [1.165, 1.54) is 38.2 Å². The molecule has 2 bridgehead atoms. The van der Waals surface area contributed by atoms with Crippen molar-refractivity contribution in [1.82, 2.24) is 0 Å². The topological polar surface area (TPSA) is 52.6 Å². The van der Waals surface area contributed by atoms with Gasteiger partial charge in [0, 0.05) is 24.7 Å². The maximum absolute atomic E-state index is 12.0. The highest BCUT2D eigenvalue weighted by molar-refractivity contribution is 5.66. The van der Waals surface area contributed by atoms with Crippen LogP contribution >= 0.6 is 0 Å². The molecule has 0 aromatic carbocycles. The summed E-state index contributed by atoms with van der Waals surface area (Å²) in [5.41, 5.74) is 1.66. The molecule has 156 valence electrons. The van der Waals surface area contributed by atoms with E-state index >= 15 is 0 Å². The third kappa shape index (κ3) is 2.85. The smallest absolute Gasteiger partial charge is 0.302 e. The molecule has 3 fully saturated rings. The zero-order chi connectivity index (χ0) is 20.3. The maximum atomic E-state index is 12.0. The monoisotopic (exact) mass is 388 g/mol. The fraction of sp³-hybridized carbons (Fsp3) is 0.833. The summed E-state index contributed by atoms with van der Waals surface area (Å²) >= 11 is 0. The Morgan fingerprint density at radius 3 is 2.54 bits per heavy atom. The lowest BCUT2D eigenvalue weighted by Crippen LogP contribution is -2.62. The van der Waals surface area contributed by atoms with Crippen molar-refractivity contribution in [3.05, 3.63) is 11.6 Å². The summed E-state index contributed by atoms with van der Waals surface area (Å²) in [5, 5.41) is 0. The Kier molecular flexibility index (Phi) is 4.71. The second-order valence-corrected chi connectivity index (χ2v) is 10.7. The zero-order valence-corrected chi connectivity index (χ0v) is 18.2. The lowest BCUT2D eigenvalue weighted by molar-refractivity contribution is -0.211. The van der Waals surface area contributed by atoms with Gasteiger partial charge in [-0.2, -0.15) is 0 Å². The van der Waals surface area contributed by atoms with Gasteiger partial charge in [0.2, 0.25) is 0 Å². The third-order valence-electron chi connectivity index (χ3n) is 9.05. The van der Waals surface area contributed by atoms with Crippen molar-refractivity contribution in [1.29, 1.82) is 0 Å². The van der Waals surface area contributed by atoms with E-state index in [2.05, 4.69) is 26.8 Å². The van der Waals surface area contributed by atoms with Crippen LogP contribution < -0.4 is 0 Å². The van der Waals surface area contributed by atoms with Crippen molar-refractivity contribution >= 4 is 11.9 Å². The fourth-order valence-electron chi connectivity index (χ4n) is 8.01. The van der Waals surface area contributed by atoms with Crippen molar-refractivity contribution in [2.45, 2.75) is 85.7 Å². The minimum atomic E-state index is -0.202. The number of carbonyl (C=O) groups is 2. The molecule has 28 heavy (non-hydrogen) atoms. The van der Waals surface area contributed by atoms with Gasteiger partial charge in [-0.3, -0.25) is 9.59 Å². The summed E-state index contributed by atoms with van der Waals surface area (Å²) < 4.78 is 11.6. The molecule has 4 rings (SSSR count). The lowest BCUT2D eigenvalue weighted by atomic mass is 9.40. The van der Waals surface area contributed by atoms with E-state index in [1.807, 2.05) is 0 Å². The predicted molar refractivity (Wildman–Crippen MR) is 107 cm³/mol. The Hall–Kier alpha value is -1.32. The Morgan fingerprint density at radius 2 is 1.86 bits per heavy atom. The normalized spacial score (nSPS) is 46.8. The van der Waals surface area contributed by atoms with Crippen LogP contribution in [-0.4, -0.2) is 24.6 Å². The number of hydrogen-bond donors (Lipinski definition) is 0. The highest BCUT2D eigenvalue weighted by Crippen LogP contribution is 2.71. The van der Waals surface area contributed by atoms with Crippen LogP contribution in [0.15, 0.2) is 11.6 Å². The molecule has 0 aromatic rings. The molecule has 3 saturated carbocycles. The molecule has 0 aromatic heterocycles. The van der Waals surface area contributed by atoms with Gasteiger partial charge < -0.3 is 9.47 Å². The van der Waals surface area contributed by atoms with Crippen molar-refractivity contribution in [3.63, 3.8) is 0 Å². The van der Waals surface area contributed by atoms with E-state index in [1.54, 1.807) is 6.92 Å². The van der Waals surface area contributed by atoms with E-state index in [-0.39, 0.29) is 34.3 Å². The lowest BCUT2D eigenvalue weighted by Gasteiger charge is -2.65. The number of ether oxygens (including phenoxy) is 2. The molecule has 0 N–H and O–H groups in total. The first-order valence-corrected chi connectivity index (χ1v) is 11.1. The van der Waals surface area contributed by atoms with Gasteiger partial charge in [0.05, 0.1) is 6.61 Å². The molecule has 0 unspecified atom stereocenters. The summed E-state index contributed by atoms with van der Waals surface area (Å²) in [4.78, 5) is 23.6. The standard InChI is InChI=1S/C24H36O4/c1-15-12-24-13-18(15)7-8-19(24)23(5)10-6-9-22(4,14-27-16(2)25)20(23)11-21(24)28-17(3)26/h12,18-21H,6-11,13-14H2,1-5H3/t18-,19+,20-,21-,22-,23+,24+/m1/s1. The van der Waals surface area contributed by atoms with Gasteiger partial charge in [-0.25, -0.2) is 0 Å². The average Bonchev–Trinajstić information content (AvgIpc) is 2.85. The second-order valence-electron chi connectivity index (χ2n) is 10.7. The quantitative estimate of drug-likeness (QED) is 0.501. The first kappa shape index (κ1) is 20.0. The molecule has 0 amide bonds. The molecule has 0 heterocycles. The number of carbonyl (C=O) groups excluding carboxylic acids is 2. The Balaban J connectivity index is 1.75. The SMILES string of the molecule is CC(=O)OC[C@@]1(C)CCC[C@]2(C)[C@@H]1C[C@@H](OC(C)=O)[C@]13C=C(C)[C@H](CC[C@@H]21)C3. The van der Waals surface area contributed by atoms with Crippen LogP contribution in [0.25, 0.3) is 0 Å². The van der Waals surface area contributed by atoms with Crippen molar-refractivity contribution < 1.29 is 19.1 Å². The van der Waals surface area contributed by atoms with Crippen LogP contribution in [0, 0.1) is 34.0 Å². The summed E-state index contributed by atoms with van der Waals surface area (Å²) in [6.07, 6.45) is 10.4. The number of rotatable bonds is 3. The van der Waals surface area contributed by atoms with Gasteiger partial charge in [0.15, 0.2) is 0 Å². The number of hydrogen-bond acceptors (Lipinski definition) is 4. The van der Waals surface area contributed by atoms with Crippen LogP contribution in [0.2, 0.25) is 0 Å². The highest BCUT2D eigenvalue weighted by Gasteiger charge is 2.66. The molecule has 4 nitrogen and oxygen atoms in total. The molecule has 4 aliphatic rings. The molecule has 1 spiro atoms. The molecule has 4 aliphatic carbocycles. The Bertz CT molecular complexity index is 711. The molecular formula is C24H36O4. The first-order chi connectivity index (χ1) is 13.1. The molecule has 0 radical (unpaired) electrons. The zero-order valence-electron chi connectivity index (χ0n) is 18.2. The minimum Gasteiger partial charge on any atom is -0.465 e. The largest absolute Gasteiger partial charge is 0.465 e. The van der Waals surface area contributed by atoms with E-state index in [9.17, 15) is 9.59 Å². The van der Waals surface area contributed by atoms with Crippen molar-refractivity contribution in [2.75, 3.05) is 6.61 Å². The van der Waals surface area contributed by atoms with Gasteiger partial charge in [0.1, 0.15) is 6.10 Å². The van der Waals surface area contributed by atoms with E-state index in [0.717, 1.165) is 19.3 Å². The molecule has 0 saturated heterocycles. The Morgan fingerprint density at radius 1 is 1.11 bits per heavy atom. The van der Waals surface area contributed by atoms with E-state index in [4.69, 9.17) is 9.47 Å². The van der Waals surface area contributed by atoms with Crippen LogP contribution in [0.4, 0.5) is 0 Å². The van der Waals surface area contributed by atoms with Crippen LogP contribution in [-0.2, 0) is 19.1 Å². The molecule has 7 atom stereocenters. The van der Waals surface area contributed by atoms with Crippen molar-refractivity contribution in [3.8, 4) is 0 Å². The maximum Gasteiger partial charge on any atom is 0.302 e. The van der Waals surface area contributed by atoms with Crippen LogP contribution in [0.3, 0.4) is 0 Å². The summed E-state index contributed by atoms with van der Waals surface area (Å²) in [6.45, 7) is 10.6. The number of fused-ring (bicyclic) bond motifs is 3. The summed E-state index contributed by atoms with van der Waals surface area (Å²) in [6, 6.07) is 0. The summed E-state index contributed by atoms with van der Waals surface area (Å²) in [7, 11) is 0. The first-order valence-electron chi connectivity index (χ1n) is 11.1. The second kappa shape index (κ2) is 6.60. The average molecular weight is 389 g/mol. The minimum absolute atomic E-state index is 0.00357. The van der Waals surface area contributed by atoms with Gasteiger partial charge in [-0.15, -0.1) is 0 Å². The third-order valence-corrected chi connectivity index (χ3v) is 9.05. The molecule has 0 aliphatic heterocycles. The highest BCUT2D eigenvalue weighted by atomic mass is 16.5. The molecule has 4 heteroatoms. The summed E-state index contributed by atoms with van der Waals surface area (Å²) in [5.74, 6) is 1.23. The van der Waals surface area contributed by atoms with Crippen LogP contribution in [0.5, 0.6) is 0 Å². The van der Waals surface area contributed by atoms with E-state index < -0.39 is 0 Å². The van der Waals surface area contributed by atoms with E-state index in [0.29, 0.717) is 24.4 Å².